The number of hydrogen-bond acceptors (Lipinski definition) is 3. The van der Waals surface area contributed by atoms with E-state index in [4.69, 9.17) is 27.9 Å². The minimum atomic E-state index is -0.649. The van der Waals surface area contributed by atoms with Crippen molar-refractivity contribution in [2.45, 2.75) is 13.2 Å². The first kappa shape index (κ1) is 18.5. The summed E-state index contributed by atoms with van der Waals surface area (Å²) in [6, 6.07) is 23.0. The van der Waals surface area contributed by atoms with Crippen LogP contribution in [0.4, 0.5) is 0 Å². The van der Waals surface area contributed by atoms with Crippen molar-refractivity contribution in [3.63, 3.8) is 0 Å². The van der Waals surface area contributed by atoms with Gasteiger partial charge in [0.05, 0.1) is 10.6 Å². The Morgan fingerprint density at radius 2 is 1.64 bits per heavy atom. The number of carbonyl (C=O) groups excluding carboxylic acids is 1. The van der Waals surface area contributed by atoms with Gasteiger partial charge in [0.1, 0.15) is 0 Å². The fourth-order valence-electron chi connectivity index (χ4n) is 3.03. The Morgan fingerprint density at radius 3 is 2.29 bits per heavy atom. The van der Waals surface area contributed by atoms with Crippen LogP contribution in [0.5, 0.6) is 0 Å². The van der Waals surface area contributed by atoms with Gasteiger partial charge in [-0.3, -0.25) is 4.79 Å². The molecule has 4 rings (SSSR count). The van der Waals surface area contributed by atoms with Gasteiger partial charge in [0.25, 0.3) is 0 Å². The van der Waals surface area contributed by atoms with Gasteiger partial charge in [-0.1, -0.05) is 77.8 Å². The molecule has 28 heavy (non-hydrogen) atoms. The van der Waals surface area contributed by atoms with Gasteiger partial charge in [0.2, 0.25) is 18.0 Å². The van der Waals surface area contributed by atoms with Crippen molar-refractivity contribution in [3.8, 4) is 11.1 Å². The van der Waals surface area contributed by atoms with Crippen LogP contribution in [0.25, 0.3) is 11.1 Å². The molecular weight excluding hydrogens is 395 g/mol. The van der Waals surface area contributed by atoms with Gasteiger partial charge < -0.3 is 4.74 Å². The van der Waals surface area contributed by atoms with Crippen molar-refractivity contribution >= 4 is 35.0 Å². The predicted molar refractivity (Wildman–Crippen MR) is 111 cm³/mol. The number of carbonyl (C=O) groups is 1. The average molecular weight is 411 g/mol. The van der Waals surface area contributed by atoms with Crippen LogP contribution in [0.3, 0.4) is 0 Å². The summed E-state index contributed by atoms with van der Waals surface area (Å²) in [7, 11) is 0. The summed E-state index contributed by atoms with van der Waals surface area (Å²) in [5.41, 5.74) is 3.60. The maximum atomic E-state index is 12.1. The zero-order valence-electron chi connectivity index (χ0n) is 15.0. The fourth-order valence-corrected chi connectivity index (χ4v) is 3.51. The van der Waals surface area contributed by atoms with Crippen LogP contribution in [0, 0.1) is 0 Å². The Balaban J connectivity index is 1.63. The summed E-state index contributed by atoms with van der Waals surface area (Å²) >= 11 is 12.2. The quantitative estimate of drug-likeness (QED) is 0.539. The molecule has 0 fully saturated rings. The number of hydrazone groups is 1. The molecule has 0 aromatic heterocycles. The second kappa shape index (κ2) is 7.66. The molecule has 6 heteroatoms. The number of amides is 1. The van der Waals surface area contributed by atoms with Crippen molar-refractivity contribution < 1.29 is 9.53 Å². The second-order valence-electron chi connectivity index (χ2n) is 6.35. The lowest BCUT2D eigenvalue weighted by Gasteiger charge is -2.19. The summed E-state index contributed by atoms with van der Waals surface area (Å²) in [4.78, 5) is 12.1. The summed E-state index contributed by atoms with van der Waals surface area (Å²) in [6.07, 6.45) is -0.649. The lowest BCUT2D eigenvalue weighted by atomic mass is 10.0. The highest BCUT2D eigenvalue weighted by Crippen LogP contribution is 2.33. The molecule has 0 unspecified atom stereocenters. The molecule has 1 aliphatic rings. The predicted octanol–water partition coefficient (Wildman–Crippen LogP) is 5.90. The van der Waals surface area contributed by atoms with Crippen molar-refractivity contribution in [3.05, 3.63) is 94.0 Å². The summed E-state index contributed by atoms with van der Waals surface area (Å²) in [6.45, 7) is 1.45. The molecule has 0 saturated carbocycles. The SMILES string of the molecule is CC(=O)N1N=C(c2ccc(Cl)cc2Cl)O[C@@H]1c1ccc(-c2ccccc2)cc1. The smallest absolute Gasteiger partial charge is 0.243 e. The van der Waals surface area contributed by atoms with E-state index in [-0.39, 0.29) is 11.8 Å². The molecule has 1 atom stereocenters. The molecule has 1 amide bonds. The summed E-state index contributed by atoms with van der Waals surface area (Å²) < 4.78 is 6.00. The second-order valence-corrected chi connectivity index (χ2v) is 7.19. The standard InChI is InChI=1S/C22H16Cl2N2O2/c1-14(27)26-22(28-21(25-26)19-12-11-18(23)13-20(19)24)17-9-7-16(8-10-17)15-5-3-2-4-6-15/h2-13,22H,1H3/t22-/m1/s1. The molecule has 140 valence electrons. The largest absolute Gasteiger partial charge is 0.446 e. The van der Waals surface area contributed by atoms with Crippen LogP contribution in [0.15, 0.2) is 77.9 Å². The fraction of sp³-hybridized carbons (Fsp3) is 0.0909. The molecule has 0 aliphatic carbocycles. The van der Waals surface area contributed by atoms with E-state index in [0.29, 0.717) is 15.6 Å². The molecule has 0 bridgehead atoms. The van der Waals surface area contributed by atoms with Crippen LogP contribution in [-0.2, 0) is 9.53 Å². The summed E-state index contributed by atoms with van der Waals surface area (Å²) in [5.74, 6) is 0.0613. The minimum Gasteiger partial charge on any atom is -0.446 e. The monoisotopic (exact) mass is 410 g/mol. The van der Waals surface area contributed by atoms with Crippen LogP contribution in [-0.4, -0.2) is 16.8 Å². The first-order valence-corrected chi connectivity index (χ1v) is 9.44. The molecule has 3 aromatic rings. The highest BCUT2D eigenvalue weighted by atomic mass is 35.5. The van der Waals surface area contributed by atoms with Crippen LogP contribution < -0.4 is 0 Å². The molecule has 1 aliphatic heterocycles. The molecule has 1 heterocycles. The van der Waals surface area contributed by atoms with Crippen molar-refractivity contribution in [2.24, 2.45) is 5.10 Å². The van der Waals surface area contributed by atoms with Gasteiger partial charge in [-0.25, -0.2) is 0 Å². The van der Waals surface area contributed by atoms with Gasteiger partial charge in [0, 0.05) is 17.5 Å². The number of halogens is 2. The van der Waals surface area contributed by atoms with Gasteiger partial charge in [-0.2, -0.15) is 5.01 Å². The molecular formula is C22H16Cl2N2O2. The van der Waals surface area contributed by atoms with E-state index < -0.39 is 6.23 Å². The Labute approximate surface area is 173 Å². The molecule has 4 nitrogen and oxygen atoms in total. The molecule has 3 aromatic carbocycles. The van der Waals surface area contributed by atoms with E-state index in [9.17, 15) is 4.79 Å². The Morgan fingerprint density at radius 1 is 0.964 bits per heavy atom. The maximum absolute atomic E-state index is 12.1. The third-order valence-corrected chi connectivity index (χ3v) is 4.98. The topological polar surface area (TPSA) is 41.9 Å². The van der Waals surface area contributed by atoms with Gasteiger partial charge in [-0.15, -0.1) is 5.10 Å². The Kier molecular flexibility index (Phi) is 5.07. The maximum Gasteiger partial charge on any atom is 0.243 e. The number of nitrogens with zero attached hydrogens (tertiary/aromatic N) is 2. The van der Waals surface area contributed by atoms with Crippen molar-refractivity contribution in [1.82, 2.24) is 5.01 Å². The lowest BCUT2D eigenvalue weighted by Crippen LogP contribution is -2.25. The van der Waals surface area contributed by atoms with Crippen LogP contribution >= 0.6 is 23.2 Å². The van der Waals surface area contributed by atoms with E-state index in [0.717, 1.165) is 16.7 Å². The van der Waals surface area contributed by atoms with Gasteiger partial charge in [0.15, 0.2) is 0 Å². The minimum absolute atomic E-state index is 0.225. The first-order valence-electron chi connectivity index (χ1n) is 8.69. The normalized spacial score (nSPS) is 15.9. The van der Waals surface area contributed by atoms with Gasteiger partial charge in [-0.05, 0) is 29.3 Å². The van der Waals surface area contributed by atoms with Crippen molar-refractivity contribution in [1.29, 1.82) is 0 Å². The zero-order valence-corrected chi connectivity index (χ0v) is 16.5. The van der Waals surface area contributed by atoms with E-state index >= 15 is 0 Å². The third kappa shape index (κ3) is 3.61. The summed E-state index contributed by atoms with van der Waals surface area (Å²) in [5, 5.41) is 6.58. The molecule has 0 radical (unpaired) electrons. The number of benzene rings is 3. The Bertz CT molecular complexity index is 1050. The van der Waals surface area contributed by atoms with E-state index in [1.165, 1.54) is 11.9 Å². The lowest BCUT2D eigenvalue weighted by molar-refractivity contribution is -0.135. The highest BCUT2D eigenvalue weighted by Gasteiger charge is 2.33. The van der Waals surface area contributed by atoms with Crippen molar-refractivity contribution in [2.75, 3.05) is 0 Å². The zero-order chi connectivity index (χ0) is 19.7. The number of ether oxygens (including phenoxy) is 1. The highest BCUT2D eigenvalue weighted by molar-refractivity contribution is 6.36. The van der Waals surface area contributed by atoms with E-state index in [1.54, 1.807) is 18.2 Å². The molecule has 0 N–H and O–H groups in total. The molecule has 0 spiro atoms. The third-order valence-electron chi connectivity index (χ3n) is 4.43. The number of rotatable bonds is 3. The Hall–Kier alpha value is -2.82. The average Bonchev–Trinajstić information content (AvgIpc) is 3.14. The van der Waals surface area contributed by atoms with Crippen LogP contribution in [0.2, 0.25) is 10.0 Å². The van der Waals surface area contributed by atoms with E-state index in [2.05, 4.69) is 5.10 Å². The number of hydrogen-bond donors (Lipinski definition) is 0. The van der Waals surface area contributed by atoms with Crippen LogP contribution in [0.1, 0.15) is 24.3 Å². The molecule has 0 saturated heterocycles. The first-order chi connectivity index (χ1) is 13.5. The van der Waals surface area contributed by atoms with Gasteiger partial charge >= 0.3 is 0 Å². The van der Waals surface area contributed by atoms with E-state index in [1.807, 2.05) is 54.6 Å².